The Labute approximate surface area is 193 Å². The molecular weight excluding hydrogens is 468 g/mol. The van der Waals surface area contributed by atoms with E-state index in [9.17, 15) is 50.4 Å². The molecule has 15 nitrogen and oxygen atoms in total. The first-order valence-electron chi connectivity index (χ1n) is 10.2. The van der Waals surface area contributed by atoms with Gasteiger partial charge in [0.05, 0.1) is 32.0 Å². The summed E-state index contributed by atoms with van der Waals surface area (Å²) >= 11 is 0. The maximum atomic E-state index is 11.9. The molecule has 0 amide bonds. The lowest BCUT2D eigenvalue weighted by Gasteiger charge is -2.45. The molecule has 34 heavy (non-hydrogen) atoms. The van der Waals surface area contributed by atoms with Gasteiger partial charge in [0.1, 0.15) is 36.6 Å². The van der Waals surface area contributed by atoms with Gasteiger partial charge in [-0.2, -0.15) is 0 Å². The Balaban J connectivity index is 2.23. The summed E-state index contributed by atoms with van der Waals surface area (Å²) in [7, 11) is 0. The Hall–Kier alpha value is -1.76. The molecule has 2 heterocycles. The van der Waals surface area contributed by atoms with E-state index >= 15 is 0 Å². The van der Waals surface area contributed by atoms with Crippen molar-refractivity contribution in [3.63, 3.8) is 0 Å². The number of aliphatic hydroxyl groups excluding tert-OH is 7. The van der Waals surface area contributed by atoms with Crippen molar-refractivity contribution >= 4 is 11.9 Å². The second kappa shape index (κ2) is 11.3. The lowest BCUT2D eigenvalue weighted by Crippen LogP contribution is -2.65. The predicted octanol–water partition coefficient (Wildman–Crippen LogP) is -4.50. The molecule has 2 saturated heterocycles. The van der Waals surface area contributed by atoms with Gasteiger partial charge in [0.15, 0.2) is 0 Å². The van der Waals surface area contributed by atoms with E-state index in [1.807, 2.05) is 0 Å². The zero-order chi connectivity index (χ0) is 25.8. The van der Waals surface area contributed by atoms with Gasteiger partial charge in [-0.15, -0.1) is 6.58 Å². The SMILES string of the molecule is C=CCOC1(C(=O)O)C[C@@H](O)[C@@H](O)[C@@H]([C@H](O)CO[C@]2(C(=O)O)C[C@@H](O)[C@@H](O)[C@@H]([C@H](O)CO)O2)O1. The normalized spacial score (nSPS) is 40.3. The Morgan fingerprint density at radius 1 is 0.912 bits per heavy atom. The summed E-state index contributed by atoms with van der Waals surface area (Å²) in [5, 5.41) is 89.1. The fraction of sp³-hybridized carbons (Fsp3) is 0.789. The smallest absolute Gasteiger partial charge is 0.364 e. The van der Waals surface area contributed by atoms with E-state index in [1.165, 1.54) is 6.08 Å². The van der Waals surface area contributed by atoms with Crippen molar-refractivity contribution in [3.8, 4) is 0 Å². The van der Waals surface area contributed by atoms with Gasteiger partial charge in [-0.25, -0.2) is 9.59 Å². The number of carboxylic acids is 2. The fourth-order valence-corrected chi connectivity index (χ4v) is 3.71. The molecule has 2 fully saturated rings. The standard InChI is InChI=1S/C19H30O15/c1-2-3-31-18(16(27)28)4-8(21)13(26)15(34-18)11(24)7-32-19(17(29)30)5-9(22)12(25)14(33-19)10(23)6-20/h2,8-15,20-26H,1,3-7H2,(H,27,28)(H,29,30)/t8-,9-,10-,11-,12-,13-,14-,15-,18?,19-/m1/s1. The minimum Gasteiger partial charge on any atom is -0.477 e. The van der Waals surface area contributed by atoms with Crippen LogP contribution in [0.2, 0.25) is 0 Å². The summed E-state index contributed by atoms with van der Waals surface area (Å²) in [5.74, 6) is -8.68. The van der Waals surface area contributed by atoms with E-state index in [2.05, 4.69) is 6.58 Å². The van der Waals surface area contributed by atoms with Crippen molar-refractivity contribution in [1.82, 2.24) is 0 Å². The summed E-state index contributed by atoms with van der Waals surface area (Å²) < 4.78 is 20.7. The molecule has 0 radical (unpaired) electrons. The van der Waals surface area contributed by atoms with Gasteiger partial charge < -0.3 is 64.9 Å². The van der Waals surface area contributed by atoms with Gasteiger partial charge in [0, 0.05) is 12.8 Å². The largest absolute Gasteiger partial charge is 0.477 e. The summed E-state index contributed by atoms with van der Waals surface area (Å²) in [6.45, 7) is 1.10. The number of aliphatic hydroxyl groups is 7. The van der Waals surface area contributed by atoms with Crippen LogP contribution >= 0.6 is 0 Å². The van der Waals surface area contributed by atoms with Gasteiger partial charge in [-0.1, -0.05) is 6.08 Å². The molecule has 0 spiro atoms. The van der Waals surface area contributed by atoms with Crippen molar-refractivity contribution in [2.24, 2.45) is 0 Å². The van der Waals surface area contributed by atoms with Crippen LogP contribution in [0, 0.1) is 0 Å². The minimum absolute atomic E-state index is 0.320. The van der Waals surface area contributed by atoms with Crippen LogP contribution in [0.1, 0.15) is 12.8 Å². The Morgan fingerprint density at radius 3 is 1.76 bits per heavy atom. The number of ether oxygens (including phenoxy) is 4. The number of aliphatic carboxylic acids is 2. The quantitative estimate of drug-likeness (QED) is 0.122. The fourth-order valence-electron chi connectivity index (χ4n) is 3.71. The molecule has 15 heteroatoms. The van der Waals surface area contributed by atoms with Crippen molar-refractivity contribution in [2.45, 2.75) is 73.2 Å². The van der Waals surface area contributed by atoms with Crippen molar-refractivity contribution in [3.05, 3.63) is 12.7 Å². The van der Waals surface area contributed by atoms with Gasteiger partial charge in [0.2, 0.25) is 0 Å². The molecule has 0 aromatic carbocycles. The highest BCUT2D eigenvalue weighted by Crippen LogP contribution is 2.35. The highest BCUT2D eigenvalue weighted by atomic mass is 16.7. The Bertz CT molecular complexity index is 732. The molecule has 9 N–H and O–H groups in total. The van der Waals surface area contributed by atoms with Crippen LogP contribution in [0.3, 0.4) is 0 Å². The van der Waals surface area contributed by atoms with Crippen LogP contribution in [0.4, 0.5) is 0 Å². The number of rotatable bonds is 11. The van der Waals surface area contributed by atoms with Crippen LogP contribution in [-0.4, -0.2) is 138 Å². The molecule has 2 rings (SSSR count). The topological polar surface area (TPSA) is 253 Å². The zero-order valence-electron chi connectivity index (χ0n) is 17.9. The van der Waals surface area contributed by atoms with Gasteiger partial charge >= 0.3 is 11.9 Å². The molecule has 0 saturated carbocycles. The summed E-state index contributed by atoms with van der Waals surface area (Å²) in [5.41, 5.74) is 0. The van der Waals surface area contributed by atoms with Crippen LogP contribution in [0.5, 0.6) is 0 Å². The van der Waals surface area contributed by atoms with Gasteiger partial charge in [0.25, 0.3) is 11.6 Å². The van der Waals surface area contributed by atoms with Crippen LogP contribution in [-0.2, 0) is 28.5 Å². The maximum Gasteiger partial charge on any atom is 0.364 e. The summed E-state index contributed by atoms with van der Waals surface area (Å²) in [6, 6.07) is 0. The summed E-state index contributed by atoms with van der Waals surface area (Å²) in [6.07, 6.45) is -14.8. The number of carboxylic acid groups (broad SMARTS) is 2. The Kier molecular flexibility index (Phi) is 9.48. The Morgan fingerprint density at radius 2 is 1.35 bits per heavy atom. The van der Waals surface area contributed by atoms with Crippen LogP contribution < -0.4 is 0 Å². The molecule has 2 aliphatic heterocycles. The van der Waals surface area contributed by atoms with E-state index in [4.69, 9.17) is 24.1 Å². The molecule has 0 aliphatic carbocycles. The summed E-state index contributed by atoms with van der Waals surface area (Å²) in [4.78, 5) is 23.7. The second-order valence-corrected chi connectivity index (χ2v) is 8.03. The lowest BCUT2D eigenvalue weighted by molar-refractivity contribution is -0.342. The molecule has 10 atom stereocenters. The van der Waals surface area contributed by atoms with Crippen LogP contribution in [0.25, 0.3) is 0 Å². The molecule has 196 valence electrons. The van der Waals surface area contributed by atoms with E-state index < -0.39 is 98.4 Å². The van der Waals surface area contributed by atoms with Crippen molar-refractivity contribution < 1.29 is 74.5 Å². The molecule has 0 aromatic heterocycles. The van der Waals surface area contributed by atoms with Gasteiger partial charge in [-0.05, 0) is 0 Å². The molecule has 0 aromatic rings. The third-order valence-electron chi connectivity index (χ3n) is 5.59. The highest BCUT2D eigenvalue weighted by molar-refractivity contribution is 5.76. The maximum absolute atomic E-state index is 11.9. The van der Waals surface area contributed by atoms with Crippen molar-refractivity contribution in [2.75, 3.05) is 19.8 Å². The van der Waals surface area contributed by atoms with E-state index in [0.29, 0.717) is 0 Å². The number of carbonyl (C=O) groups is 2. The monoisotopic (exact) mass is 498 g/mol. The van der Waals surface area contributed by atoms with Crippen LogP contribution in [0.15, 0.2) is 12.7 Å². The first-order valence-corrected chi connectivity index (χ1v) is 10.2. The third kappa shape index (κ3) is 5.72. The van der Waals surface area contributed by atoms with E-state index in [0.717, 1.165) is 0 Å². The van der Waals surface area contributed by atoms with E-state index in [-0.39, 0.29) is 6.61 Å². The molecular formula is C19H30O15. The third-order valence-corrected chi connectivity index (χ3v) is 5.59. The zero-order valence-corrected chi connectivity index (χ0v) is 17.9. The minimum atomic E-state index is -2.72. The van der Waals surface area contributed by atoms with Crippen molar-refractivity contribution in [1.29, 1.82) is 0 Å². The number of hydrogen-bond acceptors (Lipinski definition) is 13. The molecule has 1 unspecified atom stereocenters. The van der Waals surface area contributed by atoms with E-state index in [1.54, 1.807) is 0 Å². The highest BCUT2D eigenvalue weighted by Gasteiger charge is 2.57. The molecule has 2 aliphatic rings. The second-order valence-electron chi connectivity index (χ2n) is 8.03. The predicted molar refractivity (Wildman–Crippen MR) is 105 cm³/mol. The average molecular weight is 498 g/mol. The van der Waals surface area contributed by atoms with Gasteiger partial charge in [-0.3, -0.25) is 0 Å². The average Bonchev–Trinajstić information content (AvgIpc) is 2.79. The lowest BCUT2D eigenvalue weighted by atomic mass is 9.91. The first kappa shape index (κ1) is 28.5. The number of hydrogen-bond donors (Lipinski definition) is 9. The molecule has 0 bridgehead atoms. The first-order chi connectivity index (χ1) is 15.8.